The maximum absolute atomic E-state index is 13.2. The summed E-state index contributed by atoms with van der Waals surface area (Å²) in [6, 6.07) is 0.310. The molecule has 1 N–H and O–H groups in total. The lowest BCUT2D eigenvalue weighted by molar-refractivity contribution is -0.138. The molecule has 4 rings (SSSR count). The van der Waals surface area contributed by atoms with Gasteiger partial charge in [0.25, 0.3) is 0 Å². The van der Waals surface area contributed by atoms with Crippen molar-refractivity contribution < 1.29 is 9.53 Å². The van der Waals surface area contributed by atoms with Crippen LogP contribution in [0.4, 0.5) is 0 Å². The maximum atomic E-state index is 13.2. The summed E-state index contributed by atoms with van der Waals surface area (Å²) in [5, 5.41) is 3.83. The predicted octanol–water partition coefficient (Wildman–Crippen LogP) is 2.43. The quantitative estimate of drug-likeness (QED) is 0.850. The lowest BCUT2D eigenvalue weighted by Gasteiger charge is -2.37. The zero-order chi connectivity index (χ0) is 14.3. The molecule has 4 nitrogen and oxygen atoms in total. The lowest BCUT2D eigenvalue weighted by atomic mass is 9.97. The van der Waals surface area contributed by atoms with Crippen LogP contribution in [-0.2, 0) is 9.53 Å². The standard InChI is InChI=1S/C17H28N2O2/c20-16-17(9-3-4-10-17)18-15(13-6-1-2-7-13)19(16)14-8-5-11-21-12-14/h13-15,18H,1-12H2. The second-order valence-electron chi connectivity index (χ2n) is 7.51. The first kappa shape index (κ1) is 14.0. The van der Waals surface area contributed by atoms with E-state index >= 15 is 0 Å². The van der Waals surface area contributed by atoms with E-state index in [1.54, 1.807) is 0 Å². The summed E-state index contributed by atoms with van der Waals surface area (Å²) in [7, 11) is 0. The molecule has 2 saturated heterocycles. The molecule has 2 saturated carbocycles. The Hall–Kier alpha value is -0.610. The molecule has 1 spiro atoms. The molecule has 2 aliphatic carbocycles. The van der Waals surface area contributed by atoms with Crippen LogP contribution < -0.4 is 5.32 Å². The highest BCUT2D eigenvalue weighted by Crippen LogP contribution is 2.42. The number of rotatable bonds is 2. The van der Waals surface area contributed by atoms with E-state index in [0.29, 0.717) is 17.9 Å². The molecule has 4 heteroatoms. The Morgan fingerprint density at radius 1 is 1.05 bits per heavy atom. The molecule has 4 aliphatic rings. The van der Waals surface area contributed by atoms with Crippen LogP contribution in [0.3, 0.4) is 0 Å². The highest BCUT2D eigenvalue weighted by molar-refractivity contribution is 5.89. The fourth-order valence-electron chi connectivity index (χ4n) is 5.08. The third kappa shape index (κ3) is 2.31. The van der Waals surface area contributed by atoms with Crippen molar-refractivity contribution in [2.24, 2.45) is 5.92 Å². The van der Waals surface area contributed by atoms with Crippen LogP contribution in [0.5, 0.6) is 0 Å². The second-order valence-corrected chi connectivity index (χ2v) is 7.51. The minimum Gasteiger partial charge on any atom is -0.379 e. The van der Waals surface area contributed by atoms with Crippen LogP contribution in [0.1, 0.15) is 64.2 Å². The van der Waals surface area contributed by atoms with Crippen molar-refractivity contribution in [3.63, 3.8) is 0 Å². The Morgan fingerprint density at radius 2 is 1.81 bits per heavy atom. The van der Waals surface area contributed by atoms with Crippen molar-refractivity contribution in [2.45, 2.75) is 82.0 Å². The van der Waals surface area contributed by atoms with Crippen molar-refractivity contribution in [1.82, 2.24) is 10.2 Å². The van der Waals surface area contributed by atoms with Gasteiger partial charge in [0.05, 0.1) is 24.4 Å². The van der Waals surface area contributed by atoms with Gasteiger partial charge in [-0.3, -0.25) is 10.1 Å². The average molecular weight is 292 g/mol. The van der Waals surface area contributed by atoms with Gasteiger partial charge in [-0.2, -0.15) is 0 Å². The zero-order valence-electron chi connectivity index (χ0n) is 13.0. The van der Waals surface area contributed by atoms with Gasteiger partial charge < -0.3 is 9.64 Å². The molecule has 21 heavy (non-hydrogen) atoms. The van der Waals surface area contributed by atoms with Gasteiger partial charge in [0.15, 0.2) is 0 Å². The molecular formula is C17H28N2O2. The highest BCUT2D eigenvalue weighted by atomic mass is 16.5. The predicted molar refractivity (Wildman–Crippen MR) is 80.8 cm³/mol. The van der Waals surface area contributed by atoms with Gasteiger partial charge in [0.2, 0.25) is 5.91 Å². The third-order valence-electron chi connectivity index (χ3n) is 6.20. The molecule has 1 amide bonds. The van der Waals surface area contributed by atoms with Crippen molar-refractivity contribution in [3.8, 4) is 0 Å². The van der Waals surface area contributed by atoms with Crippen LogP contribution >= 0.6 is 0 Å². The number of carbonyl (C=O) groups is 1. The first-order valence-electron chi connectivity index (χ1n) is 8.98. The summed E-state index contributed by atoms with van der Waals surface area (Å²) in [5.74, 6) is 1.06. The Bertz CT molecular complexity index is 394. The smallest absolute Gasteiger partial charge is 0.244 e. The molecule has 2 aliphatic heterocycles. The summed E-state index contributed by atoms with van der Waals surface area (Å²) < 4.78 is 5.68. The molecule has 2 atom stereocenters. The number of nitrogens with one attached hydrogen (secondary N) is 1. The summed E-state index contributed by atoms with van der Waals surface area (Å²) >= 11 is 0. The first-order chi connectivity index (χ1) is 10.3. The molecule has 0 radical (unpaired) electrons. The molecule has 118 valence electrons. The summed E-state index contributed by atoms with van der Waals surface area (Å²) in [6.07, 6.45) is 12.2. The molecule has 0 aromatic carbocycles. The van der Waals surface area contributed by atoms with E-state index in [2.05, 4.69) is 10.2 Å². The fraction of sp³-hybridized carbons (Fsp3) is 0.941. The Morgan fingerprint density at radius 3 is 2.48 bits per heavy atom. The van der Waals surface area contributed by atoms with Gasteiger partial charge in [0.1, 0.15) is 0 Å². The van der Waals surface area contributed by atoms with Gasteiger partial charge in [-0.25, -0.2) is 0 Å². The van der Waals surface area contributed by atoms with Gasteiger partial charge in [-0.1, -0.05) is 25.7 Å². The average Bonchev–Trinajstić information content (AvgIpc) is 3.24. The third-order valence-corrected chi connectivity index (χ3v) is 6.20. The van der Waals surface area contributed by atoms with E-state index in [1.165, 1.54) is 38.5 Å². The number of ether oxygens (including phenoxy) is 1. The Labute approximate surface area is 127 Å². The maximum Gasteiger partial charge on any atom is 0.244 e. The van der Waals surface area contributed by atoms with E-state index in [-0.39, 0.29) is 11.7 Å². The number of carbonyl (C=O) groups excluding carboxylic acids is 1. The highest BCUT2D eigenvalue weighted by Gasteiger charge is 2.55. The van der Waals surface area contributed by atoms with Crippen LogP contribution in [0, 0.1) is 5.92 Å². The Balaban J connectivity index is 1.60. The first-order valence-corrected chi connectivity index (χ1v) is 8.98. The molecule has 2 unspecified atom stereocenters. The van der Waals surface area contributed by atoms with Crippen LogP contribution in [0.25, 0.3) is 0 Å². The molecule has 0 aromatic rings. The van der Waals surface area contributed by atoms with Crippen molar-refractivity contribution in [1.29, 1.82) is 0 Å². The van der Waals surface area contributed by atoms with Crippen molar-refractivity contribution in [2.75, 3.05) is 13.2 Å². The van der Waals surface area contributed by atoms with E-state index < -0.39 is 0 Å². The van der Waals surface area contributed by atoms with E-state index in [0.717, 1.165) is 38.9 Å². The molecule has 2 heterocycles. The van der Waals surface area contributed by atoms with Gasteiger partial charge in [-0.05, 0) is 44.4 Å². The summed E-state index contributed by atoms with van der Waals surface area (Å²) in [5.41, 5.74) is -0.218. The minimum absolute atomic E-state index is 0.218. The largest absolute Gasteiger partial charge is 0.379 e. The van der Waals surface area contributed by atoms with Gasteiger partial charge >= 0.3 is 0 Å². The van der Waals surface area contributed by atoms with Crippen LogP contribution in [0.15, 0.2) is 0 Å². The monoisotopic (exact) mass is 292 g/mol. The number of hydrogen-bond acceptors (Lipinski definition) is 3. The second kappa shape index (κ2) is 5.54. The normalized spacial score (nSPS) is 37.0. The fourth-order valence-corrected chi connectivity index (χ4v) is 5.08. The number of hydrogen-bond donors (Lipinski definition) is 1. The molecule has 4 fully saturated rings. The van der Waals surface area contributed by atoms with Crippen molar-refractivity contribution >= 4 is 5.91 Å². The molecular weight excluding hydrogens is 264 g/mol. The SMILES string of the molecule is O=C1N(C2CCCOC2)C(C2CCCC2)NC12CCCC2. The minimum atomic E-state index is -0.218. The van der Waals surface area contributed by atoms with E-state index in [9.17, 15) is 4.79 Å². The van der Waals surface area contributed by atoms with E-state index in [1.807, 2.05) is 0 Å². The van der Waals surface area contributed by atoms with E-state index in [4.69, 9.17) is 4.74 Å². The van der Waals surface area contributed by atoms with Crippen LogP contribution in [-0.4, -0.2) is 41.8 Å². The summed E-state index contributed by atoms with van der Waals surface area (Å²) in [4.78, 5) is 15.4. The number of amides is 1. The lowest BCUT2D eigenvalue weighted by Crippen LogP contribution is -2.50. The molecule has 0 aromatic heterocycles. The Kier molecular flexibility index (Phi) is 3.70. The topological polar surface area (TPSA) is 41.6 Å². The van der Waals surface area contributed by atoms with Crippen molar-refractivity contribution in [3.05, 3.63) is 0 Å². The zero-order valence-corrected chi connectivity index (χ0v) is 13.0. The van der Waals surface area contributed by atoms with Gasteiger partial charge in [-0.15, -0.1) is 0 Å². The van der Waals surface area contributed by atoms with Crippen LogP contribution in [0.2, 0.25) is 0 Å². The molecule has 0 bridgehead atoms. The summed E-state index contributed by atoms with van der Waals surface area (Å²) in [6.45, 7) is 1.61. The van der Waals surface area contributed by atoms with Gasteiger partial charge in [0, 0.05) is 6.61 Å². The number of nitrogens with zero attached hydrogens (tertiary/aromatic N) is 1.